The first-order valence-corrected chi connectivity index (χ1v) is 10.2. The van der Waals surface area contributed by atoms with E-state index in [0.29, 0.717) is 5.41 Å². The standard InChI is InChI=1S/C22H36O/c1-5-19-14(2)12-20-18-7-6-15-13-21(3,23)10-8-16(15)17(18)9-11-22(19,20)4/h5,14-18,20,23H,6-13H2,1-4H3/b19-5-/t14-,15-,16+,17-,18-,20+,21-,22-/m1/s1. The van der Waals surface area contributed by atoms with Crippen LogP contribution in [0.2, 0.25) is 0 Å². The lowest BCUT2D eigenvalue weighted by Crippen LogP contribution is -2.49. The normalized spacial score (nSPS) is 57.7. The zero-order valence-electron chi connectivity index (χ0n) is 15.6. The average molecular weight is 317 g/mol. The molecule has 130 valence electrons. The highest BCUT2D eigenvalue weighted by atomic mass is 16.3. The summed E-state index contributed by atoms with van der Waals surface area (Å²) in [6.45, 7) is 9.40. The molecule has 0 aromatic heterocycles. The third-order valence-electron chi connectivity index (χ3n) is 8.74. The van der Waals surface area contributed by atoms with Crippen LogP contribution in [0.5, 0.6) is 0 Å². The number of aliphatic hydroxyl groups is 1. The summed E-state index contributed by atoms with van der Waals surface area (Å²) in [5, 5.41) is 10.5. The zero-order chi connectivity index (χ0) is 16.4. The molecule has 0 aromatic carbocycles. The van der Waals surface area contributed by atoms with E-state index in [0.717, 1.165) is 48.3 Å². The Balaban J connectivity index is 1.59. The molecule has 8 atom stereocenters. The maximum absolute atomic E-state index is 10.5. The Labute approximate surface area is 142 Å². The van der Waals surface area contributed by atoms with Crippen molar-refractivity contribution in [2.24, 2.45) is 40.9 Å². The van der Waals surface area contributed by atoms with Crippen LogP contribution in [0.25, 0.3) is 0 Å². The second-order valence-corrected chi connectivity index (χ2v) is 10.0. The third kappa shape index (κ3) is 2.36. The van der Waals surface area contributed by atoms with Crippen molar-refractivity contribution >= 4 is 0 Å². The summed E-state index contributed by atoms with van der Waals surface area (Å²) < 4.78 is 0. The molecule has 0 radical (unpaired) electrons. The molecular weight excluding hydrogens is 280 g/mol. The fraction of sp³-hybridized carbons (Fsp3) is 0.909. The molecule has 4 aliphatic rings. The Morgan fingerprint density at radius 1 is 1.00 bits per heavy atom. The van der Waals surface area contributed by atoms with Gasteiger partial charge in [0, 0.05) is 0 Å². The summed E-state index contributed by atoms with van der Waals surface area (Å²) in [6, 6.07) is 0. The molecule has 0 saturated heterocycles. The predicted molar refractivity (Wildman–Crippen MR) is 96.0 cm³/mol. The van der Waals surface area contributed by atoms with Crippen molar-refractivity contribution in [3.63, 3.8) is 0 Å². The maximum atomic E-state index is 10.5. The first-order chi connectivity index (χ1) is 10.9. The van der Waals surface area contributed by atoms with Crippen LogP contribution in [0, 0.1) is 40.9 Å². The second-order valence-electron chi connectivity index (χ2n) is 10.0. The van der Waals surface area contributed by atoms with Crippen LogP contribution in [-0.4, -0.2) is 10.7 Å². The SMILES string of the molecule is C/C=C1/[C@H](C)C[C@H]2[C@@H]3CC[C@@H]4C[C@](C)(O)CC[C@@H]4[C@H]3CC[C@]12C. The number of hydrogen-bond acceptors (Lipinski definition) is 1. The van der Waals surface area contributed by atoms with Crippen molar-refractivity contribution < 1.29 is 5.11 Å². The van der Waals surface area contributed by atoms with Crippen LogP contribution in [0.15, 0.2) is 11.6 Å². The Morgan fingerprint density at radius 2 is 1.74 bits per heavy atom. The molecule has 1 heteroatoms. The van der Waals surface area contributed by atoms with E-state index < -0.39 is 0 Å². The zero-order valence-corrected chi connectivity index (χ0v) is 15.6. The number of allylic oxidation sites excluding steroid dienone is 2. The molecule has 4 saturated carbocycles. The Hall–Kier alpha value is -0.300. The summed E-state index contributed by atoms with van der Waals surface area (Å²) in [5.41, 5.74) is 1.90. The van der Waals surface area contributed by atoms with Crippen molar-refractivity contribution in [2.75, 3.05) is 0 Å². The molecule has 1 nitrogen and oxygen atoms in total. The quantitative estimate of drug-likeness (QED) is 0.578. The summed E-state index contributed by atoms with van der Waals surface area (Å²) in [4.78, 5) is 0. The van der Waals surface area contributed by atoms with Crippen LogP contribution in [0.4, 0.5) is 0 Å². The number of rotatable bonds is 0. The van der Waals surface area contributed by atoms with Crippen LogP contribution >= 0.6 is 0 Å². The number of hydrogen-bond donors (Lipinski definition) is 1. The van der Waals surface area contributed by atoms with Gasteiger partial charge in [0.25, 0.3) is 0 Å². The molecular formula is C22H36O. The van der Waals surface area contributed by atoms with Crippen molar-refractivity contribution in [1.82, 2.24) is 0 Å². The molecule has 0 heterocycles. The van der Waals surface area contributed by atoms with Gasteiger partial charge in [0.05, 0.1) is 5.60 Å². The van der Waals surface area contributed by atoms with E-state index in [1.54, 1.807) is 5.57 Å². The lowest BCUT2D eigenvalue weighted by atomic mass is 9.49. The van der Waals surface area contributed by atoms with Crippen molar-refractivity contribution in [1.29, 1.82) is 0 Å². The molecule has 23 heavy (non-hydrogen) atoms. The molecule has 1 N–H and O–H groups in total. The fourth-order valence-electron chi connectivity index (χ4n) is 7.88. The minimum atomic E-state index is -0.378. The van der Waals surface area contributed by atoms with Crippen LogP contribution < -0.4 is 0 Å². The molecule has 0 spiro atoms. The van der Waals surface area contributed by atoms with E-state index in [2.05, 4.69) is 33.8 Å². The number of fused-ring (bicyclic) bond motifs is 5. The van der Waals surface area contributed by atoms with Gasteiger partial charge in [-0.25, -0.2) is 0 Å². The first kappa shape index (κ1) is 16.2. The van der Waals surface area contributed by atoms with Gasteiger partial charge in [0.15, 0.2) is 0 Å². The summed E-state index contributed by atoms with van der Waals surface area (Å²) in [5.74, 6) is 5.40. The van der Waals surface area contributed by atoms with Crippen molar-refractivity contribution in [2.45, 2.75) is 84.7 Å². The van der Waals surface area contributed by atoms with Crippen molar-refractivity contribution in [3.05, 3.63) is 11.6 Å². The molecule has 0 aromatic rings. The predicted octanol–water partition coefficient (Wildman–Crippen LogP) is 5.58. The summed E-state index contributed by atoms with van der Waals surface area (Å²) in [6.07, 6.45) is 13.0. The minimum Gasteiger partial charge on any atom is -0.390 e. The lowest BCUT2D eigenvalue weighted by Gasteiger charge is -2.56. The van der Waals surface area contributed by atoms with E-state index in [-0.39, 0.29) is 5.60 Å². The van der Waals surface area contributed by atoms with E-state index >= 15 is 0 Å². The molecule has 4 aliphatic carbocycles. The van der Waals surface area contributed by atoms with Crippen LogP contribution in [0.1, 0.15) is 79.1 Å². The first-order valence-electron chi connectivity index (χ1n) is 10.2. The van der Waals surface area contributed by atoms with Crippen LogP contribution in [-0.2, 0) is 0 Å². The highest BCUT2D eigenvalue weighted by Gasteiger charge is 2.57. The van der Waals surface area contributed by atoms with E-state index in [9.17, 15) is 5.11 Å². The fourth-order valence-corrected chi connectivity index (χ4v) is 7.88. The monoisotopic (exact) mass is 316 g/mol. The van der Waals surface area contributed by atoms with Gasteiger partial charge in [0.2, 0.25) is 0 Å². The Kier molecular flexibility index (Phi) is 3.76. The average Bonchev–Trinajstić information content (AvgIpc) is 2.75. The van der Waals surface area contributed by atoms with Gasteiger partial charge < -0.3 is 5.11 Å². The van der Waals surface area contributed by atoms with Crippen molar-refractivity contribution in [3.8, 4) is 0 Å². The highest BCUT2D eigenvalue weighted by molar-refractivity contribution is 5.25. The Bertz CT molecular complexity index is 504. The Morgan fingerprint density at radius 3 is 2.48 bits per heavy atom. The molecule has 0 amide bonds. The molecule has 4 fully saturated rings. The van der Waals surface area contributed by atoms with Gasteiger partial charge in [-0.3, -0.25) is 0 Å². The van der Waals surface area contributed by atoms with E-state index in [1.807, 2.05) is 0 Å². The third-order valence-corrected chi connectivity index (χ3v) is 8.74. The lowest BCUT2D eigenvalue weighted by molar-refractivity contribution is -0.0901. The second kappa shape index (κ2) is 5.35. The van der Waals surface area contributed by atoms with Gasteiger partial charge in [-0.15, -0.1) is 0 Å². The largest absolute Gasteiger partial charge is 0.390 e. The summed E-state index contributed by atoms with van der Waals surface area (Å²) in [7, 11) is 0. The topological polar surface area (TPSA) is 20.2 Å². The van der Waals surface area contributed by atoms with Gasteiger partial charge in [0.1, 0.15) is 0 Å². The van der Waals surface area contributed by atoms with Gasteiger partial charge in [-0.1, -0.05) is 25.5 Å². The van der Waals surface area contributed by atoms with E-state index in [1.165, 1.54) is 38.5 Å². The van der Waals surface area contributed by atoms with Gasteiger partial charge >= 0.3 is 0 Å². The van der Waals surface area contributed by atoms with Gasteiger partial charge in [-0.2, -0.15) is 0 Å². The maximum Gasteiger partial charge on any atom is 0.0622 e. The molecule has 0 aliphatic heterocycles. The highest BCUT2D eigenvalue weighted by Crippen LogP contribution is 2.65. The molecule has 4 rings (SSSR count). The molecule has 0 unspecified atom stereocenters. The van der Waals surface area contributed by atoms with Crippen LogP contribution in [0.3, 0.4) is 0 Å². The minimum absolute atomic E-state index is 0.378. The summed E-state index contributed by atoms with van der Waals surface area (Å²) >= 11 is 0. The van der Waals surface area contributed by atoms with Gasteiger partial charge in [-0.05, 0) is 106 Å². The molecule has 0 bridgehead atoms. The van der Waals surface area contributed by atoms with E-state index in [4.69, 9.17) is 0 Å². The smallest absolute Gasteiger partial charge is 0.0622 e.